The van der Waals surface area contributed by atoms with Gasteiger partial charge in [0, 0.05) is 16.5 Å². The van der Waals surface area contributed by atoms with Gasteiger partial charge in [-0.05, 0) is 12.1 Å². The Hall–Kier alpha value is -2.14. The van der Waals surface area contributed by atoms with E-state index in [1.807, 2.05) is 30.3 Å². The Kier molecular flexibility index (Phi) is 4.01. The van der Waals surface area contributed by atoms with Crippen LogP contribution in [0, 0.1) is 11.6 Å². The SMILES string of the molecule is Fc1ccc(SCc2ncc(-c3ccccc3)o2)c(F)c1. The molecule has 0 fully saturated rings. The number of aromatic nitrogens is 1. The summed E-state index contributed by atoms with van der Waals surface area (Å²) < 4.78 is 32.0. The smallest absolute Gasteiger partial charge is 0.205 e. The minimum atomic E-state index is -0.584. The molecule has 2 nitrogen and oxygen atoms in total. The molecular formula is C16H11F2NOS. The van der Waals surface area contributed by atoms with Crippen molar-refractivity contribution in [3.63, 3.8) is 0 Å². The summed E-state index contributed by atoms with van der Waals surface area (Å²) in [7, 11) is 0. The van der Waals surface area contributed by atoms with Gasteiger partial charge < -0.3 is 4.42 Å². The zero-order valence-electron chi connectivity index (χ0n) is 10.9. The number of hydrogen-bond donors (Lipinski definition) is 0. The number of halogens is 2. The van der Waals surface area contributed by atoms with E-state index in [0.29, 0.717) is 22.3 Å². The summed E-state index contributed by atoms with van der Waals surface area (Å²) in [6.45, 7) is 0. The summed E-state index contributed by atoms with van der Waals surface area (Å²) in [5, 5.41) is 0. The van der Waals surface area contributed by atoms with Crippen LogP contribution in [0.4, 0.5) is 8.78 Å². The van der Waals surface area contributed by atoms with Crippen LogP contribution in [0.2, 0.25) is 0 Å². The molecule has 0 aliphatic rings. The minimum Gasteiger partial charge on any atom is -0.440 e. The summed E-state index contributed by atoms with van der Waals surface area (Å²) in [4.78, 5) is 4.54. The van der Waals surface area contributed by atoms with E-state index in [1.54, 1.807) is 6.20 Å². The standard InChI is InChI=1S/C16H11F2NOS/c17-12-6-7-15(13(18)8-12)21-10-16-19-9-14(20-16)11-4-2-1-3-5-11/h1-9H,10H2. The molecule has 0 radical (unpaired) electrons. The van der Waals surface area contributed by atoms with Gasteiger partial charge in [-0.2, -0.15) is 0 Å². The van der Waals surface area contributed by atoms with E-state index in [4.69, 9.17) is 4.42 Å². The summed E-state index contributed by atoms with van der Waals surface area (Å²) in [5.74, 6) is 0.401. The van der Waals surface area contributed by atoms with Gasteiger partial charge in [0.05, 0.1) is 11.9 Å². The van der Waals surface area contributed by atoms with Crippen LogP contribution in [0.15, 0.2) is 64.0 Å². The van der Waals surface area contributed by atoms with Gasteiger partial charge in [-0.25, -0.2) is 13.8 Å². The highest BCUT2D eigenvalue weighted by molar-refractivity contribution is 7.98. The van der Waals surface area contributed by atoms with Crippen molar-refractivity contribution in [3.8, 4) is 11.3 Å². The van der Waals surface area contributed by atoms with E-state index in [2.05, 4.69) is 4.98 Å². The second-order valence-electron chi connectivity index (χ2n) is 4.35. The van der Waals surface area contributed by atoms with Crippen molar-refractivity contribution in [2.24, 2.45) is 0 Å². The quantitative estimate of drug-likeness (QED) is 0.640. The highest BCUT2D eigenvalue weighted by atomic mass is 32.2. The molecule has 0 atom stereocenters. The molecule has 0 saturated heterocycles. The molecule has 21 heavy (non-hydrogen) atoms. The molecule has 106 valence electrons. The Morgan fingerprint density at radius 2 is 1.86 bits per heavy atom. The topological polar surface area (TPSA) is 26.0 Å². The Balaban J connectivity index is 1.70. The minimum absolute atomic E-state index is 0.371. The zero-order valence-corrected chi connectivity index (χ0v) is 11.7. The largest absolute Gasteiger partial charge is 0.440 e. The van der Waals surface area contributed by atoms with Crippen molar-refractivity contribution in [1.82, 2.24) is 4.98 Å². The fraction of sp³-hybridized carbons (Fsp3) is 0.0625. The van der Waals surface area contributed by atoms with Crippen LogP contribution in [-0.2, 0) is 5.75 Å². The van der Waals surface area contributed by atoms with Gasteiger partial charge in [0.15, 0.2) is 5.76 Å². The maximum Gasteiger partial charge on any atom is 0.205 e. The average molecular weight is 303 g/mol. The van der Waals surface area contributed by atoms with Crippen molar-refractivity contribution < 1.29 is 13.2 Å². The Morgan fingerprint density at radius 1 is 1.05 bits per heavy atom. The molecule has 0 amide bonds. The Labute approximate surface area is 124 Å². The third-order valence-corrected chi connectivity index (χ3v) is 3.89. The molecule has 0 aliphatic heterocycles. The Bertz CT molecular complexity index is 743. The number of nitrogens with zero attached hydrogens (tertiary/aromatic N) is 1. The van der Waals surface area contributed by atoms with E-state index in [1.165, 1.54) is 23.9 Å². The van der Waals surface area contributed by atoms with E-state index in [-0.39, 0.29) is 0 Å². The molecular weight excluding hydrogens is 292 g/mol. The van der Waals surface area contributed by atoms with Crippen molar-refractivity contribution in [1.29, 1.82) is 0 Å². The Morgan fingerprint density at radius 3 is 2.62 bits per heavy atom. The van der Waals surface area contributed by atoms with Gasteiger partial charge in [0.1, 0.15) is 11.6 Å². The molecule has 0 unspecified atom stereocenters. The molecule has 0 aliphatic carbocycles. The van der Waals surface area contributed by atoms with Gasteiger partial charge in [0.2, 0.25) is 5.89 Å². The molecule has 5 heteroatoms. The normalized spacial score (nSPS) is 10.8. The maximum atomic E-state index is 13.5. The van der Waals surface area contributed by atoms with Crippen LogP contribution in [0.1, 0.15) is 5.89 Å². The molecule has 0 N–H and O–H groups in total. The lowest BCUT2D eigenvalue weighted by atomic mass is 10.2. The molecule has 0 spiro atoms. The molecule has 1 aromatic heterocycles. The van der Waals surface area contributed by atoms with E-state index >= 15 is 0 Å². The number of oxazole rings is 1. The average Bonchev–Trinajstić information content (AvgIpc) is 2.96. The van der Waals surface area contributed by atoms with E-state index in [9.17, 15) is 8.78 Å². The predicted molar refractivity (Wildman–Crippen MR) is 77.9 cm³/mol. The highest BCUT2D eigenvalue weighted by Crippen LogP contribution is 2.27. The van der Waals surface area contributed by atoms with E-state index < -0.39 is 11.6 Å². The number of rotatable bonds is 4. The number of hydrogen-bond acceptors (Lipinski definition) is 3. The van der Waals surface area contributed by atoms with Gasteiger partial charge >= 0.3 is 0 Å². The molecule has 3 rings (SSSR count). The predicted octanol–water partition coefficient (Wildman–Crippen LogP) is 4.91. The van der Waals surface area contributed by atoms with Crippen LogP contribution in [0.5, 0.6) is 0 Å². The van der Waals surface area contributed by atoms with Crippen LogP contribution >= 0.6 is 11.8 Å². The van der Waals surface area contributed by atoms with Crippen molar-refractivity contribution in [3.05, 3.63) is 72.3 Å². The van der Waals surface area contributed by atoms with E-state index in [0.717, 1.165) is 11.6 Å². The second-order valence-corrected chi connectivity index (χ2v) is 5.36. The molecule has 0 saturated carbocycles. The summed E-state index contributed by atoms with van der Waals surface area (Å²) in [6.07, 6.45) is 1.65. The zero-order chi connectivity index (χ0) is 14.7. The lowest BCUT2D eigenvalue weighted by molar-refractivity contribution is 0.529. The van der Waals surface area contributed by atoms with Crippen LogP contribution < -0.4 is 0 Å². The van der Waals surface area contributed by atoms with Crippen LogP contribution in [-0.4, -0.2) is 4.98 Å². The summed E-state index contributed by atoms with van der Waals surface area (Å²) in [5.41, 5.74) is 0.939. The first kappa shape index (κ1) is 13.8. The van der Waals surface area contributed by atoms with Gasteiger partial charge in [-0.1, -0.05) is 30.3 Å². The van der Waals surface area contributed by atoms with Crippen LogP contribution in [0.3, 0.4) is 0 Å². The lowest BCUT2D eigenvalue weighted by Gasteiger charge is -2.01. The fourth-order valence-electron chi connectivity index (χ4n) is 1.84. The van der Waals surface area contributed by atoms with Crippen molar-refractivity contribution in [2.45, 2.75) is 10.6 Å². The maximum absolute atomic E-state index is 13.5. The first-order valence-electron chi connectivity index (χ1n) is 6.30. The summed E-state index contributed by atoms with van der Waals surface area (Å²) in [6, 6.07) is 13.1. The first-order valence-corrected chi connectivity index (χ1v) is 7.29. The van der Waals surface area contributed by atoms with Crippen molar-refractivity contribution >= 4 is 11.8 Å². The summed E-state index contributed by atoms with van der Waals surface area (Å²) >= 11 is 1.22. The second kappa shape index (κ2) is 6.10. The lowest BCUT2D eigenvalue weighted by Crippen LogP contribution is -1.85. The molecule has 2 aromatic carbocycles. The third kappa shape index (κ3) is 3.31. The number of thioether (sulfide) groups is 1. The van der Waals surface area contributed by atoms with Gasteiger partial charge in [0.25, 0.3) is 0 Å². The van der Waals surface area contributed by atoms with Crippen LogP contribution in [0.25, 0.3) is 11.3 Å². The van der Waals surface area contributed by atoms with Gasteiger partial charge in [-0.15, -0.1) is 11.8 Å². The highest BCUT2D eigenvalue weighted by Gasteiger charge is 2.09. The number of benzene rings is 2. The molecule has 1 heterocycles. The van der Waals surface area contributed by atoms with Crippen molar-refractivity contribution in [2.75, 3.05) is 0 Å². The first-order chi connectivity index (χ1) is 10.2. The van der Waals surface area contributed by atoms with Gasteiger partial charge in [-0.3, -0.25) is 0 Å². The molecule has 0 bridgehead atoms. The third-order valence-electron chi connectivity index (χ3n) is 2.86. The molecule has 3 aromatic rings. The monoisotopic (exact) mass is 303 g/mol. The fourth-order valence-corrected chi connectivity index (χ4v) is 2.62.